The molecule has 0 aliphatic rings. The second-order valence-electron chi connectivity index (χ2n) is 6.88. The number of nitrogens with one attached hydrogen (secondary N) is 1. The second kappa shape index (κ2) is 7.82. The highest BCUT2D eigenvalue weighted by Crippen LogP contribution is 2.28. The minimum Gasteiger partial charge on any atom is -0.444 e. The predicted octanol–water partition coefficient (Wildman–Crippen LogP) is 3.73. The lowest BCUT2D eigenvalue weighted by atomic mass is 10.2. The van der Waals surface area contributed by atoms with Crippen molar-refractivity contribution >= 4 is 33.6 Å². The van der Waals surface area contributed by atoms with Crippen molar-refractivity contribution in [3.8, 4) is 0 Å². The van der Waals surface area contributed by atoms with Crippen molar-refractivity contribution in [1.29, 1.82) is 0 Å². The summed E-state index contributed by atoms with van der Waals surface area (Å²) in [6, 6.07) is 7.80. The number of alkyl carbamates (subject to hydrolysis) is 1. The number of carbonyl (C=O) groups is 2. The molecule has 0 bridgehead atoms. The van der Waals surface area contributed by atoms with Crippen LogP contribution in [-0.2, 0) is 9.53 Å². The molecule has 0 aliphatic heterocycles. The second-order valence-corrected chi connectivity index (χ2v) is 7.94. The van der Waals surface area contributed by atoms with Gasteiger partial charge >= 0.3 is 6.09 Å². The van der Waals surface area contributed by atoms with Crippen LogP contribution < -0.4 is 5.32 Å². The van der Waals surface area contributed by atoms with E-state index in [1.165, 1.54) is 0 Å². The molecule has 0 unspecified atom stereocenters. The topological polar surface area (TPSA) is 71.5 Å². The smallest absolute Gasteiger partial charge is 0.407 e. The van der Waals surface area contributed by atoms with Gasteiger partial charge in [0, 0.05) is 20.0 Å². The third kappa shape index (κ3) is 5.42. The lowest BCUT2D eigenvalue weighted by molar-refractivity contribution is -0.131. The van der Waals surface area contributed by atoms with Crippen LogP contribution in [0.5, 0.6) is 0 Å². The number of para-hydroxylation sites is 1. The van der Waals surface area contributed by atoms with Gasteiger partial charge in [0.05, 0.1) is 16.3 Å². The summed E-state index contributed by atoms with van der Waals surface area (Å²) in [7, 11) is 1.76. The summed E-state index contributed by atoms with van der Waals surface area (Å²) in [5.41, 5.74) is 0.397. The first-order valence-corrected chi connectivity index (χ1v) is 9.07. The number of thiazole rings is 1. The third-order valence-electron chi connectivity index (χ3n) is 3.65. The summed E-state index contributed by atoms with van der Waals surface area (Å²) < 4.78 is 6.26. The Morgan fingerprint density at radius 3 is 2.64 bits per heavy atom. The van der Waals surface area contributed by atoms with Gasteiger partial charge in [-0.25, -0.2) is 9.78 Å². The normalized spacial score (nSPS) is 12.7. The Balaban J connectivity index is 1.87. The van der Waals surface area contributed by atoms with Crippen LogP contribution in [0.25, 0.3) is 10.2 Å². The van der Waals surface area contributed by atoms with Gasteiger partial charge in [-0.1, -0.05) is 12.1 Å². The van der Waals surface area contributed by atoms with E-state index in [0.717, 1.165) is 15.2 Å². The number of nitrogens with zero attached hydrogens (tertiary/aromatic N) is 2. The number of amides is 2. The van der Waals surface area contributed by atoms with Gasteiger partial charge in [0.2, 0.25) is 5.91 Å². The summed E-state index contributed by atoms with van der Waals surface area (Å²) in [4.78, 5) is 30.2. The lowest BCUT2D eigenvalue weighted by Crippen LogP contribution is -2.36. The van der Waals surface area contributed by atoms with Gasteiger partial charge in [-0.05, 0) is 39.8 Å². The summed E-state index contributed by atoms with van der Waals surface area (Å²) in [6.45, 7) is 7.59. The van der Waals surface area contributed by atoms with Gasteiger partial charge in [-0.15, -0.1) is 11.3 Å². The molecule has 2 rings (SSSR count). The largest absolute Gasteiger partial charge is 0.444 e. The molecule has 25 heavy (non-hydrogen) atoms. The summed E-state index contributed by atoms with van der Waals surface area (Å²) in [5, 5.41) is 3.50. The molecule has 1 aromatic carbocycles. The number of rotatable bonds is 5. The summed E-state index contributed by atoms with van der Waals surface area (Å²) in [5.74, 6) is -0.0529. The van der Waals surface area contributed by atoms with E-state index in [0.29, 0.717) is 0 Å². The molecule has 1 N–H and O–H groups in total. The first-order chi connectivity index (χ1) is 11.7. The maximum atomic E-state index is 12.4. The zero-order valence-electron chi connectivity index (χ0n) is 15.3. The highest BCUT2D eigenvalue weighted by molar-refractivity contribution is 7.18. The average Bonchev–Trinajstić information content (AvgIpc) is 2.95. The van der Waals surface area contributed by atoms with Crippen molar-refractivity contribution in [3.63, 3.8) is 0 Å². The molecule has 0 fully saturated rings. The number of benzene rings is 1. The Hall–Kier alpha value is -2.15. The van der Waals surface area contributed by atoms with Crippen LogP contribution >= 0.6 is 11.3 Å². The van der Waals surface area contributed by atoms with E-state index in [-0.39, 0.29) is 24.9 Å². The standard InChI is InChI=1S/C18H25N3O3S/c1-12(16-20-13-8-6-7-9-14(13)25-16)21(5)15(22)10-11-19-17(23)24-18(2,3)4/h6-9,12H,10-11H2,1-5H3,(H,19,23)/t12-/m1/s1. The summed E-state index contributed by atoms with van der Waals surface area (Å²) >= 11 is 1.59. The highest BCUT2D eigenvalue weighted by Gasteiger charge is 2.21. The SMILES string of the molecule is C[C@H](c1nc2ccccc2s1)N(C)C(=O)CCNC(=O)OC(C)(C)C. The van der Waals surface area contributed by atoms with E-state index >= 15 is 0 Å². The maximum absolute atomic E-state index is 12.4. The molecule has 0 spiro atoms. The van der Waals surface area contributed by atoms with Crippen molar-refractivity contribution in [3.05, 3.63) is 29.3 Å². The zero-order chi connectivity index (χ0) is 18.6. The summed E-state index contributed by atoms with van der Waals surface area (Å²) in [6.07, 6.45) is -0.299. The van der Waals surface area contributed by atoms with Crippen LogP contribution in [0.4, 0.5) is 4.79 Å². The van der Waals surface area contributed by atoms with E-state index in [4.69, 9.17) is 4.74 Å². The van der Waals surface area contributed by atoms with Gasteiger partial charge in [-0.3, -0.25) is 4.79 Å². The molecule has 0 saturated heterocycles. The number of aromatic nitrogens is 1. The molecule has 0 saturated carbocycles. The molecule has 2 aromatic rings. The first-order valence-electron chi connectivity index (χ1n) is 8.25. The van der Waals surface area contributed by atoms with Gasteiger partial charge in [0.1, 0.15) is 10.6 Å². The first kappa shape index (κ1) is 19.2. The van der Waals surface area contributed by atoms with Crippen molar-refractivity contribution < 1.29 is 14.3 Å². The molecule has 0 radical (unpaired) electrons. The molecule has 6 nitrogen and oxygen atoms in total. The Morgan fingerprint density at radius 1 is 1.32 bits per heavy atom. The van der Waals surface area contributed by atoms with Crippen LogP contribution in [0.1, 0.15) is 45.2 Å². The molecule has 0 aliphatic carbocycles. The number of hydrogen-bond donors (Lipinski definition) is 1. The molecule has 1 heterocycles. The van der Waals surface area contributed by atoms with Gasteiger partial charge in [0.25, 0.3) is 0 Å². The van der Waals surface area contributed by atoms with E-state index in [1.807, 2.05) is 31.2 Å². The molecule has 7 heteroatoms. The van der Waals surface area contributed by atoms with Crippen molar-refractivity contribution in [2.24, 2.45) is 0 Å². The van der Waals surface area contributed by atoms with Crippen LogP contribution in [0, 0.1) is 0 Å². The van der Waals surface area contributed by atoms with Crippen molar-refractivity contribution in [1.82, 2.24) is 15.2 Å². The van der Waals surface area contributed by atoms with Gasteiger partial charge in [-0.2, -0.15) is 0 Å². The van der Waals surface area contributed by atoms with E-state index in [1.54, 1.807) is 44.1 Å². The van der Waals surface area contributed by atoms with E-state index in [9.17, 15) is 9.59 Å². The minimum absolute atomic E-state index is 0.0529. The molecule has 2 amide bonds. The number of carbonyl (C=O) groups excluding carboxylic acids is 2. The predicted molar refractivity (Wildman–Crippen MR) is 99.7 cm³/mol. The average molecular weight is 363 g/mol. The van der Waals surface area contributed by atoms with Crippen LogP contribution in [-0.4, -0.2) is 41.1 Å². The van der Waals surface area contributed by atoms with Crippen LogP contribution in [0.3, 0.4) is 0 Å². The fourth-order valence-corrected chi connectivity index (χ4v) is 3.28. The third-order valence-corrected chi connectivity index (χ3v) is 4.86. The number of hydrogen-bond acceptors (Lipinski definition) is 5. The molecule has 136 valence electrons. The maximum Gasteiger partial charge on any atom is 0.407 e. The van der Waals surface area contributed by atoms with E-state index < -0.39 is 11.7 Å². The Kier molecular flexibility index (Phi) is 6.00. The van der Waals surface area contributed by atoms with Gasteiger partial charge in [0.15, 0.2) is 0 Å². The number of fused-ring (bicyclic) bond motifs is 1. The fourth-order valence-electron chi connectivity index (χ4n) is 2.21. The van der Waals surface area contributed by atoms with Crippen molar-refractivity contribution in [2.45, 2.75) is 45.8 Å². The minimum atomic E-state index is -0.549. The molecular weight excluding hydrogens is 338 g/mol. The number of ether oxygens (including phenoxy) is 1. The monoisotopic (exact) mass is 363 g/mol. The van der Waals surface area contributed by atoms with Gasteiger partial charge < -0.3 is 15.0 Å². The highest BCUT2D eigenvalue weighted by atomic mass is 32.1. The van der Waals surface area contributed by atoms with E-state index in [2.05, 4.69) is 10.3 Å². The van der Waals surface area contributed by atoms with Crippen molar-refractivity contribution in [2.75, 3.05) is 13.6 Å². The van der Waals surface area contributed by atoms with Crippen LogP contribution in [0.2, 0.25) is 0 Å². The Labute approximate surface area is 152 Å². The Morgan fingerprint density at radius 2 is 2.00 bits per heavy atom. The zero-order valence-corrected chi connectivity index (χ0v) is 16.1. The lowest BCUT2D eigenvalue weighted by Gasteiger charge is -2.23. The fraction of sp³-hybridized carbons (Fsp3) is 0.500. The molecule has 1 atom stereocenters. The molecule has 1 aromatic heterocycles. The van der Waals surface area contributed by atoms with Crippen LogP contribution in [0.15, 0.2) is 24.3 Å². The molecular formula is C18H25N3O3S. The quantitative estimate of drug-likeness (QED) is 0.878. The Bertz CT molecular complexity index is 718.